The van der Waals surface area contributed by atoms with Gasteiger partial charge in [0.05, 0.1) is 11.4 Å². The molecule has 0 amide bonds. The fraction of sp³-hybridized carbons (Fsp3) is 0.571. The number of benzene rings is 1. The molecule has 0 unspecified atom stereocenters. The van der Waals surface area contributed by atoms with Gasteiger partial charge in [0.1, 0.15) is 9.84 Å². The molecule has 4 heteroatoms. The Morgan fingerprint density at radius 3 is 1.94 bits per heavy atom. The van der Waals surface area contributed by atoms with Crippen LogP contribution in [0.25, 0.3) is 0 Å². The molecule has 18 heavy (non-hydrogen) atoms. The fourth-order valence-electron chi connectivity index (χ4n) is 2.71. The smallest absolute Gasteiger partial charge is 0.148 e. The summed E-state index contributed by atoms with van der Waals surface area (Å²) in [5, 5.41) is 10.00. The SMILES string of the molecule is CS(=O)(=O)CC1(c2ccc(C3(O)CC3)cc2)CC1. The molecule has 3 rings (SSSR count). The standard InChI is InChI=1S/C14H18O3S/c1-18(16,17)10-13(6-7-13)11-2-4-12(5-3-11)14(15)8-9-14/h2-5,15H,6-10H2,1H3. The van der Waals surface area contributed by atoms with Gasteiger partial charge in [0.15, 0.2) is 0 Å². The predicted octanol–water partition coefficient (Wildman–Crippen LogP) is 1.74. The predicted molar refractivity (Wildman–Crippen MR) is 70.2 cm³/mol. The van der Waals surface area contributed by atoms with Crippen LogP contribution in [0.5, 0.6) is 0 Å². The number of aliphatic hydroxyl groups is 1. The Morgan fingerprint density at radius 2 is 1.56 bits per heavy atom. The van der Waals surface area contributed by atoms with Crippen molar-refractivity contribution in [2.45, 2.75) is 36.7 Å². The van der Waals surface area contributed by atoms with E-state index in [4.69, 9.17) is 0 Å². The van der Waals surface area contributed by atoms with Crippen LogP contribution in [-0.4, -0.2) is 25.5 Å². The monoisotopic (exact) mass is 266 g/mol. The summed E-state index contributed by atoms with van der Waals surface area (Å²) in [5.41, 5.74) is 1.30. The molecule has 0 atom stereocenters. The Kier molecular flexibility index (Phi) is 2.42. The molecule has 0 aliphatic heterocycles. The van der Waals surface area contributed by atoms with Gasteiger partial charge in [-0.25, -0.2) is 8.42 Å². The molecule has 0 aromatic heterocycles. The molecule has 1 aromatic carbocycles. The van der Waals surface area contributed by atoms with Gasteiger partial charge in [0.2, 0.25) is 0 Å². The first-order valence-electron chi connectivity index (χ1n) is 6.34. The Bertz CT molecular complexity index is 564. The highest BCUT2D eigenvalue weighted by Crippen LogP contribution is 2.50. The number of hydrogen-bond donors (Lipinski definition) is 1. The van der Waals surface area contributed by atoms with Gasteiger partial charge < -0.3 is 5.11 Å². The largest absolute Gasteiger partial charge is 0.385 e. The Labute approximate surface area is 108 Å². The van der Waals surface area contributed by atoms with E-state index >= 15 is 0 Å². The van der Waals surface area contributed by atoms with Crippen LogP contribution in [0.15, 0.2) is 24.3 Å². The van der Waals surface area contributed by atoms with E-state index in [1.165, 1.54) is 6.26 Å². The Hall–Kier alpha value is -0.870. The number of hydrogen-bond acceptors (Lipinski definition) is 3. The number of sulfone groups is 1. The quantitative estimate of drug-likeness (QED) is 0.903. The average molecular weight is 266 g/mol. The molecule has 0 heterocycles. The van der Waals surface area contributed by atoms with Gasteiger partial charge in [-0.1, -0.05) is 24.3 Å². The zero-order valence-electron chi connectivity index (χ0n) is 10.5. The highest BCUT2D eigenvalue weighted by Gasteiger charge is 2.47. The second-order valence-electron chi connectivity index (χ2n) is 5.96. The summed E-state index contributed by atoms with van der Waals surface area (Å²) < 4.78 is 22.9. The van der Waals surface area contributed by atoms with Crippen LogP contribution in [-0.2, 0) is 20.9 Å². The van der Waals surface area contributed by atoms with Crippen molar-refractivity contribution in [2.75, 3.05) is 12.0 Å². The van der Waals surface area contributed by atoms with Crippen LogP contribution >= 0.6 is 0 Å². The molecular weight excluding hydrogens is 248 g/mol. The summed E-state index contributed by atoms with van der Waals surface area (Å²) >= 11 is 0. The maximum absolute atomic E-state index is 11.5. The van der Waals surface area contributed by atoms with Crippen LogP contribution in [0.3, 0.4) is 0 Å². The molecule has 2 aliphatic carbocycles. The van der Waals surface area contributed by atoms with E-state index in [0.29, 0.717) is 0 Å². The lowest BCUT2D eigenvalue weighted by molar-refractivity contribution is 0.151. The van der Waals surface area contributed by atoms with Crippen molar-refractivity contribution in [3.63, 3.8) is 0 Å². The lowest BCUT2D eigenvalue weighted by Gasteiger charge is -2.16. The van der Waals surface area contributed by atoms with E-state index in [1.807, 2.05) is 24.3 Å². The first kappa shape index (κ1) is 12.2. The van der Waals surface area contributed by atoms with Gasteiger partial charge in [-0.15, -0.1) is 0 Å². The van der Waals surface area contributed by atoms with E-state index in [-0.39, 0.29) is 11.2 Å². The highest BCUT2D eigenvalue weighted by atomic mass is 32.2. The Morgan fingerprint density at radius 1 is 1.06 bits per heavy atom. The summed E-state index contributed by atoms with van der Waals surface area (Å²) in [6, 6.07) is 7.88. The Balaban J connectivity index is 1.85. The van der Waals surface area contributed by atoms with Gasteiger partial charge in [-0.2, -0.15) is 0 Å². The topological polar surface area (TPSA) is 54.4 Å². The molecule has 2 saturated carbocycles. The first-order chi connectivity index (χ1) is 8.33. The van der Waals surface area contributed by atoms with Crippen molar-refractivity contribution in [2.24, 2.45) is 0 Å². The first-order valence-corrected chi connectivity index (χ1v) is 8.40. The lowest BCUT2D eigenvalue weighted by Crippen LogP contribution is -2.20. The fourth-order valence-corrected chi connectivity index (χ4v) is 4.17. The maximum atomic E-state index is 11.5. The molecule has 1 N–H and O–H groups in total. The van der Waals surface area contributed by atoms with Crippen molar-refractivity contribution in [3.05, 3.63) is 35.4 Å². The molecule has 0 spiro atoms. The summed E-state index contributed by atoms with van der Waals surface area (Å²) in [6.07, 6.45) is 4.86. The van der Waals surface area contributed by atoms with E-state index in [1.54, 1.807) is 0 Å². The van der Waals surface area contributed by atoms with Crippen molar-refractivity contribution < 1.29 is 13.5 Å². The van der Waals surface area contributed by atoms with Crippen LogP contribution < -0.4 is 0 Å². The van der Waals surface area contributed by atoms with Gasteiger partial charge in [0.25, 0.3) is 0 Å². The second-order valence-corrected chi connectivity index (χ2v) is 8.10. The molecule has 0 bridgehead atoms. The minimum absolute atomic E-state index is 0.154. The van der Waals surface area contributed by atoms with Gasteiger partial charge in [0, 0.05) is 11.7 Å². The van der Waals surface area contributed by atoms with Crippen molar-refractivity contribution in [1.29, 1.82) is 0 Å². The summed E-state index contributed by atoms with van der Waals surface area (Å²) in [5.74, 6) is 0.240. The molecule has 0 radical (unpaired) electrons. The van der Waals surface area contributed by atoms with Crippen LogP contribution in [0.2, 0.25) is 0 Å². The third-order valence-electron chi connectivity index (χ3n) is 4.15. The van der Waals surface area contributed by atoms with Crippen LogP contribution in [0.4, 0.5) is 0 Å². The van der Waals surface area contributed by atoms with E-state index in [2.05, 4.69) is 0 Å². The zero-order valence-corrected chi connectivity index (χ0v) is 11.3. The van der Waals surface area contributed by atoms with Crippen molar-refractivity contribution in [3.8, 4) is 0 Å². The van der Waals surface area contributed by atoms with Crippen molar-refractivity contribution in [1.82, 2.24) is 0 Å². The van der Waals surface area contributed by atoms with Gasteiger partial charge in [-0.05, 0) is 36.8 Å². The summed E-state index contributed by atoms with van der Waals surface area (Å²) in [4.78, 5) is 0. The third kappa shape index (κ3) is 2.19. The van der Waals surface area contributed by atoms with Crippen LogP contribution in [0.1, 0.15) is 36.8 Å². The minimum atomic E-state index is -2.94. The average Bonchev–Trinajstić information content (AvgIpc) is 3.17. The maximum Gasteiger partial charge on any atom is 0.148 e. The van der Waals surface area contributed by atoms with E-state index < -0.39 is 15.4 Å². The highest BCUT2D eigenvalue weighted by molar-refractivity contribution is 7.90. The summed E-state index contributed by atoms with van der Waals surface area (Å²) in [7, 11) is -2.94. The zero-order chi connectivity index (χ0) is 13.0. The van der Waals surface area contributed by atoms with Crippen molar-refractivity contribution >= 4 is 9.84 Å². The second kappa shape index (κ2) is 3.58. The molecule has 2 aliphatic rings. The molecular formula is C14H18O3S. The minimum Gasteiger partial charge on any atom is -0.385 e. The molecule has 0 saturated heterocycles. The van der Waals surface area contributed by atoms with E-state index in [0.717, 1.165) is 36.8 Å². The molecule has 3 nitrogen and oxygen atoms in total. The normalized spacial score (nSPS) is 23.7. The number of rotatable bonds is 4. The molecule has 1 aromatic rings. The van der Waals surface area contributed by atoms with Crippen LogP contribution in [0, 0.1) is 0 Å². The lowest BCUT2D eigenvalue weighted by atomic mass is 9.95. The van der Waals surface area contributed by atoms with E-state index in [9.17, 15) is 13.5 Å². The molecule has 98 valence electrons. The molecule has 2 fully saturated rings. The van der Waals surface area contributed by atoms with Gasteiger partial charge in [-0.3, -0.25) is 0 Å². The summed E-state index contributed by atoms with van der Waals surface area (Å²) in [6.45, 7) is 0. The third-order valence-corrected chi connectivity index (χ3v) is 5.23. The van der Waals surface area contributed by atoms with Gasteiger partial charge >= 0.3 is 0 Å².